The fourth-order valence-electron chi connectivity index (χ4n) is 2.68. The van der Waals surface area contributed by atoms with Crippen LogP contribution in [0.25, 0.3) is 0 Å². The van der Waals surface area contributed by atoms with Crippen molar-refractivity contribution in [2.75, 3.05) is 0 Å². The van der Waals surface area contributed by atoms with Crippen LogP contribution in [0, 0.1) is 13.8 Å². The lowest BCUT2D eigenvalue weighted by molar-refractivity contribution is 0.103. The largest absolute Gasteiger partial charge is 0.298 e. The van der Waals surface area contributed by atoms with Crippen LogP contribution in [-0.4, -0.2) is 26.3 Å². The summed E-state index contributed by atoms with van der Waals surface area (Å²) in [5.41, 5.74) is 4.58. The summed E-state index contributed by atoms with van der Waals surface area (Å²) in [4.78, 5) is 11.2. The number of hydrazine groups is 1. The van der Waals surface area contributed by atoms with Crippen molar-refractivity contribution in [1.82, 2.24) is 15.7 Å². The average Bonchev–Trinajstić information content (AvgIpc) is 2.60. The van der Waals surface area contributed by atoms with E-state index in [1.54, 1.807) is 19.9 Å². The summed E-state index contributed by atoms with van der Waals surface area (Å²) in [6.07, 6.45) is 1.86. The van der Waals surface area contributed by atoms with Crippen molar-refractivity contribution < 1.29 is 27.2 Å². The van der Waals surface area contributed by atoms with Gasteiger partial charge in [0.05, 0.1) is 10.6 Å². The van der Waals surface area contributed by atoms with E-state index in [0.717, 1.165) is 0 Å². The van der Waals surface area contributed by atoms with Crippen LogP contribution in [0.3, 0.4) is 0 Å². The van der Waals surface area contributed by atoms with Crippen LogP contribution in [0.5, 0.6) is 0 Å². The molecule has 1 aromatic rings. The number of sulfonamides is 1. The second-order valence-electron chi connectivity index (χ2n) is 5.82. The van der Waals surface area contributed by atoms with Crippen LogP contribution in [0.4, 0.5) is 8.78 Å². The Morgan fingerprint density at radius 1 is 1.26 bits per heavy atom. The number of hydrogen-bond acceptors (Lipinski definition) is 6. The van der Waals surface area contributed by atoms with Crippen molar-refractivity contribution in [1.29, 1.82) is 0 Å². The van der Waals surface area contributed by atoms with Gasteiger partial charge in [-0.05, 0) is 49.1 Å². The molecular weight excluding hydrogens is 380 g/mol. The molecule has 0 aliphatic heterocycles. The first-order valence-electron chi connectivity index (χ1n) is 7.84. The molecule has 10 heteroatoms. The Balaban J connectivity index is 2.28. The Hall–Kier alpha value is -2.56. The van der Waals surface area contributed by atoms with E-state index in [0.29, 0.717) is 23.0 Å². The van der Waals surface area contributed by atoms with Gasteiger partial charge in [0, 0.05) is 11.3 Å². The number of nitrogens with one attached hydrogen (secondary N) is 3. The van der Waals surface area contributed by atoms with Crippen molar-refractivity contribution in [2.45, 2.75) is 31.6 Å². The van der Waals surface area contributed by atoms with Crippen molar-refractivity contribution in [3.8, 4) is 0 Å². The van der Waals surface area contributed by atoms with Crippen LogP contribution in [0.1, 0.15) is 27.9 Å². The maximum absolute atomic E-state index is 12.9. The molecule has 0 heterocycles. The second kappa shape index (κ2) is 8.42. The highest BCUT2D eigenvalue weighted by Crippen LogP contribution is 2.24. The van der Waals surface area contributed by atoms with Crippen LogP contribution in [-0.2, 0) is 10.0 Å². The molecule has 1 aliphatic carbocycles. The van der Waals surface area contributed by atoms with E-state index in [4.69, 9.17) is 5.21 Å². The molecule has 0 unspecified atom stereocenters. The van der Waals surface area contributed by atoms with Gasteiger partial charge in [0.1, 0.15) is 0 Å². The van der Waals surface area contributed by atoms with Gasteiger partial charge in [-0.3, -0.25) is 20.1 Å². The minimum Gasteiger partial charge on any atom is -0.298 e. The summed E-state index contributed by atoms with van der Waals surface area (Å²) in [5.74, 6) is 0. The first-order chi connectivity index (χ1) is 12.7. The van der Waals surface area contributed by atoms with Gasteiger partial charge in [-0.25, -0.2) is 17.2 Å². The molecule has 27 heavy (non-hydrogen) atoms. The zero-order valence-electron chi connectivity index (χ0n) is 14.6. The molecule has 0 aromatic heterocycles. The van der Waals surface area contributed by atoms with Gasteiger partial charge in [-0.2, -0.15) is 0 Å². The molecular formula is C17H19F2N3O4S. The number of allylic oxidation sites excluding steroid dienone is 5. The maximum atomic E-state index is 12.9. The van der Waals surface area contributed by atoms with Crippen LogP contribution in [0.2, 0.25) is 0 Å². The Morgan fingerprint density at radius 2 is 1.96 bits per heavy atom. The molecule has 4 N–H and O–H groups in total. The summed E-state index contributed by atoms with van der Waals surface area (Å²) in [6, 6.07) is 2.95. The summed E-state index contributed by atoms with van der Waals surface area (Å²) in [5, 5.41) is 8.55. The van der Waals surface area contributed by atoms with Gasteiger partial charge in [-0.1, -0.05) is 18.2 Å². The fourth-order valence-corrected chi connectivity index (χ4v) is 4.02. The predicted molar refractivity (Wildman–Crippen MR) is 94.6 cm³/mol. The van der Waals surface area contributed by atoms with Gasteiger partial charge in [-0.15, -0.1) is 5.59 Å². The number of halogens is 2. The topological polar surface area (TPSA) is 108 Å². The molecule has 0 saturated carbocycles. The first kappa shape index (κ1) is 20.7. The van der Waals surface area contributed by atoms with E-state index in [-0.39, 0.29) is 22.6 Å². The lowest BCUT2D eigenvalue weighted by atomic mass is 10.0. The predicted octanol–water partition coefficient (Wildman–Crippen LogP) is 2.24. The molecule has 0 bridgehead atoms. The molecule has 1 aromatic carbocycles. The Bertz CT molecular complexity index is 938. The molecule has 0 fully saturated rings. The van der Waals surface area contributed by atoms with Crippen LogP contribution < -0.4 is 15.7 Å². The molecule has 0 amide bonds. The SMILES string of the molecule is Cc1ccc(S(=O)(=O)NC2=CCC(=C(NNO)C(F)F)C=C2)c(C)c1C=O. The third kappa shape index (κ3) is 4.59. The van der Waals surface area contributed by atoms with E-state index in [2.05, 4.69) is 4.72 Å². The highest BCUT2D eigenvalue weighted by atomic mass is 32.2. The summed E-state index contributed by atoms with van der Waals surface area (Å²) in [7, 11) is -3.96. The minimum absolute atomic E-state index is 0.0230. The summed E-state index contributed by atoms with van der Waals surface area (Å²) < 4.78 is 53.5. The minimum atomic E-state index is -3.96. The Labute approximate surface area is 155 Å². The Morgan fingerprint density at radius 3 is 2.48 bits per heavy atom. The zero-order chi connectivity index (χ0) is 20.2. The fraction of sp³-hybridized carbons (Fsp3) is 0.235. The van der Waals surface area contributed by atoms with E-state index in [1.165, 1.54) is 29.9 Å². The molecule has 0 spiro atoms. The Kier molecular flexibility index (Phi) is 6.47. The highest BCUT2D eigenvalue weighted by molar-refractivity contribution is 7.89. The van der Waals surface area contributed by atoms with E-state index < -0.39 is 22.1 Å². The molecule has 0 atom stereocenters. The van der Waals surface area contributed by atoms with Crippen molar-refractivity contribution in [3.05, 3.63) is 64.0 Å². The molecule has 146 valence electrons. The van der Waals surface area contributed by atoms with Gasteiger partial charge in [0.15, 0.2) is 6.29 Å². The number of benzene rings is 1. The van der Waals surface area contributed by atoms with Crippen molar-refractivity contribution in [2.24, 2.45) is 0 Å². The average molecular weight is 399 g/mol. The maximum Gasteiger partial charge on any atom is 0.279 e. The smallest absolute Gasteiger partial charge is 0.279 e. The first-order valence-corrected chi connectivity index (χ1v) is 9.32. The lowest BCUT2D eigenvalue weighted by Crippen LogP contribution is -2.32. The third-order valence-electron chi connectivity index (χ3n) is 4.10. The van der Waals surface area contributed by atoms with Crippen LogP contribution >= 0.6 is 0 Å². The summed E-state index contributed by atoms with van der Waals surface area (Å²) >= 11 is 0. The van der Waals surface area contributed by atoms with Crippen molar-refractivity contribution >= 4 is 16.3 Å². The standard InChI is InChI=1S/C17H19F2N3O4S/c1-10-3-8-15(11(2)14(10)9-23)27(25,26)21-13-6-4-12(5-7-13)16(17(18)19)20-22-24/h3-4,6-9,17,20-22,24H,5H2,1-2H3. The number of aldehydes is 1. The molecule has 0 saturated heterocycles. The van der Waals surface area contributed by atoms with E-state index >= 15 is 0 Å². The van der Waals surface area contributed by atoms with Crippen LogP contribution in [0.15, 0.2) is 52.2 Å². The zero-order valence-corrected chi connectivity index (χ0v) is 15.4. The molecule has 2 rings (SSSR count). The molecule has 7 nitrogen and oxygen atoms in total. The quantitative estimate of drug-likeness (QED) is 0.414. The third-order valence-corrected chi connectivity index (χ3v) is 5.63. The number of rotatable bonds is 7. The highest BCUT2D eigenvalue weighted by Gasteiger charge is 2.22. The number of aryl methyl sites for hydroxylation is 1. The second-order valence-corrected chi connectivity index (χ2v) is 7.47. The number of hydrogen-bond donors (Lipinski definition) is 4. The number of carbonyl (C=O) groups excluding carboxylic acids is 1. The van der Waals surface area contributed by atoms with Gasteiger partial charge in [0.2, 0.25) is 0 Å². The van der Waals surface area contributed by atoms with Gasteiger partial charge < -0.3 is 0 Å². The molecule has 1 aliphatic rings. The number of alkyl halides is 2. The van der Waals surface area contributed by atoms with E-state index in [1.807, 2.05) is 5.43 Å². The van der Waals surface area contributed by atoms with E-state index in [9.17, 15) is 22.0 Å². The summed E-state index contributed by atoms with van der Waals surface area (Å²) in [6.45, 7) is 3.25. The number of carbonyl (C=O) groups is 1. The monoisotopic (exact) mass is 399 g/mol. The van der Waals surface area contributed by atoms with Gasteiger partial charge >= 0.3 is 0 Å². The molecule has 0 radical (unpaired) electrons. The van der Waals surface area contributed by atoms with Gasteiger partial charge in [0.25, 0.3) is 16.4 Å². The normalized spacial score (nSPS) is 16.1. The lowest BCUT2D eigenvalue weighted by Gasteiger charge is -2.17. The van der Waals surface area contributed by atoms with Crippen molar-refractivity contribution in [3.63, 3.8) is 0 Å².